The van der Waals surface area contributed by atoms with E-state index in [1.807, 2.05) is 48.7 Å². The fraction of sp³-hybridized carbons (Fsp3) is 0.200. The van der Waals surface area contributed by atoms with Gasteiger partial charge in [-0.15, -0.1) is 0 Å². The van der Waals surface area contributed by atoms with E-state index in [0.717, 1.165) is 28.5 Å². The summed E-state index contributed by atoms with van der Waals surface area (Å²) in [5.74, 6) is 0.799. The Hall–Kier alpha value is -2.86. The van der Waals surface area contributed by atoms with E-state index in [2.05, 4.69) is 39.2 Å². The number of thiocarbonyl (C=S) groups is 1. The van der Waals surface area contributed by atoms with Gasteiger partial charge in [0.1, 0.15) is 11.8 Å². The van der Waals surface area contributed by atoms with Gasteiger partial charge in [0, 0.05) is 29.3 Å². The number of benzene rings is 1. The van der Waals surface area contributed by atoms with E-state index >= 15 is 0 Å². The zero-order chi connectivity index (χ0) is 18.1. The SMILES string of the molecule is COc1cccc(N2C(=S)N[C@@H](c3ccccn3)[C@H]2c2ccc(C)[nH]2)c1. The van der Waals surface area contributed by atoms with Gasteiger partial charge in [0.05, 0.1) is 18.8 Å². The van der Waals surface area contributed by atoms with Crippen molar-refractivity contribution in [3.63, 3.8) is 0 Å². The Morgan fingerprint density at radius 2 is 2.00 bits per heavy atom. The molecule has 3 heterocycles. The lowest BCUT2D eigenvalue weighted by molar-refractivity contribution is 0.414. The maximum atomic E-state index is 5.70. The summed E-state index contributed by atoms with van der Waals surface area (Å²) >= 11 is 5.70. The van der Waals surface area contributed by atoms with Crippen LogP contribution in [-0.2, 0) is 0 Å². The molecule has 0 spiro atoms. The third kappa shape index (κ3) is 2.93. The minimum absolute atomic E-state index is 0.0294. The number of ether oxygens (including phenoxy) is 1. The number of hydrogen-bond donors (Lipinski definition) is 2. The van der Waals surface area contributed by atoms with Crippen LogP contribution in [0.5, 0.6) is 5.75 Å². The predicted octanol–water partition coefficient (Wildman–Crippen LogP) is 3.90. The number of aromatic nitrogens is 2. The molecule has 26 heavy (non-hydrogen) atoms. The fourth-order valence-electron chi connectivity index (χ4n) is 3.41. The number of hydrogen-bond acceptors (Lipinski definition) is 3. The zero-order valence-electron chi connectivity index (χ0n) is 14.6. The van der Waals surface area contributed by atoms with Crippen LogP contribution < -0.4 is 15.0 Å². The van der Waals surface area contributed by atoms with E-state index in [1.165, 1.54) is 0 Å². The van der Waals surface area contributed by atoms with E-state index in [4.69, 9.17) is 17.0 Å². The first-order chi connectivity index (χ1) is 12.7. The van der Waals surface area contributed by atoms with E-state index < -0.39 is 0 Å². The number of aromatic amines is 1. The molecule has 0 unspecified atom stereocenters. The Kier molecular flexibility index (Phi) is 4.34. The second-order valence-corrected chi connectivity index (χ2v) is 6.68. The first-order valence-electron chi connectivity index (χ1n) is 8.47. The molecule has 6 heteroatoms. The Bertz CT molecular complexity index is 924. The molecule has 1 saturated heterocycles. The summed E-state index contributed by atoms with van der Waals surface area (Å²) < 4.78 is 5.40. The highest BCUT2D eigenvalue weighted by atomic mass is 32.1. The average Bonchev–Trinajstić information content (AvgIpc) is 3.25. The molecule has 4 rings (SSSR count). The maximum absolute atomic E-state index is 5.70. The van der Waals surface area contributed by atoms with E-state index in [9.17, 15) is 0 Å². The number of H-pyrrole nitrogens is 1. The van der Waals surface area contributed by atoms with Gasteiger partial charge in [0.2, 0.25) is 0 Å². The normalized spacial score (nSPS) is 19.5. The van der Waals surface area contributed by atoms with Gasteiger partial charge in [-0.2, -0.15) is 0 Å². The third-order valence-corrected chi connectivity index (χ3v) is 4.92. The number of methoxy groups -OCH3 is 1. The lowest BCUT2D eigenvalue weighted by Crippen LogP contribution is -2.29. The number of anilines is 1. The molecule has 132 valence electrons. The lowest BCUT2D eigenvalue weighted by atomic mass is 10.0. The average molecular weight is 364 g/mol. The summed E-state index contributed by atoms with van der Waals surface area (Å²) in [4.78, 5) is 10.1. The van der Waals surface area contributed by atoms with Crippen LogP contribution in [-0.4, -0.2) is 22.2 Å². The molecule has 2 N–H and O–H groups in total. The van der Waals surface area contributed by atoms with Crippen LogP contribution in [0.4, 0.5) is 5.69 Å². The number of nitrogens with one attached hydrogen (secondary N) is 2. The van der Waals surface area contributed by atoms with Gasteiger partial charge in [-0.05, 0) is 55.5 Å². The Balaban J connectivity index is 1.82. The van der Waals surface area contributed by atoms with Crippen LogP contribution in [0, 0.1) is 6.92 Å². The molecule has 0 aliphatic carbocycles. The van der Waals surface area contributed by atoms with Crippen molar-refractivity contribution in [1.82, 2.24) is 15.3 Å². The van der Waals surface area contributed by atoms with Crippen LogP contribution in [0.25, 0.3) is 0 Å². The Labute approximate surface area is 158 Å². The third-order valence-electron chi connectivity index (χ3n) is 4.60. The van der Waals surface area contributed by atoms with Gasteiger partial charge in [0.15, 0.2) is 5.11 Å². The fourth-order valence-corrected chi connectivity index (χ4v) is 3.75. The van der Waals surface area contributed by atoms with Crippen molar-refractivity contribution >= 4 is 23.0 Å². The minimum Gasteiger partial charge on any atom is -0.497 e. The molecule has 5 nitrogen and oxygen atoms in total. The number of rotatable bonds is 4. The van der Waals surface area contributed by atoms with Gasteiger partial charge >= 0.3 is 0 Å². The van der Waals surface area contributed by atoms with Gasteiger partial charge in [-0.3, -0.25) is 4.98 Å². The minimum atomic E-state index is -0.0482. The predicted molar refractivity (Wildman–Crippen MR) is 106 cm³/mol. The molecule has 2 atom stereocenters. The smallest absolute Gasteiger partial charge is 0.174 e. The zero-order valence-corrected chi connectivity index (χ0v) is 15.5. The van der Waals surface area contributed by atoms with E-state index in [1.54, 1.807) is 7.11 Å². The molecular weight excluding hydrogens is 344 g/mol. The number of pyridine rings is 1. The molecular formula is C20H20N4OS. The summed E-state index contributed by atoms with van der Waals surface area (Å²) in [5, 5.41) is 4.12. The molecule has 1 aliphatic heterocycles. The van der Waals surface area contributed by atoms with Crippen LogP contribution >= 0.6 is 12.2 Å². The molecule has 1 fully saturated rings. The van der Waals surface area contributed by atoms with Gasteiger partial charge in [0.25, 0.3) is 0 Å². The molecule has 1 aromatic carbocycles. The first-order valence-corrected chi connectivity index (χ1v) is 8.88. The van der Waals surface area contributed by atoms with Crippen LogP contribution in [0.2, 0.25) is 0 Å². The van der Waals surface area contributed by atoms with Gasteiger partial charge < -0.3 is 19.9 Å². The highest BCUT2D eigenvalue weighted by molar-refractivity contribution is 7.80. The topological polar surface area (TPSA) is 53.2 Å². The Morgan fingerprint density at radius 1 is 1.12 bits per heavy atom. The molecule has 0 radical (unpaired) electrons. The molecule has 2 aromatic heterocycles. The summed E-state index contributed by atoms with van der Waals surface area (Å²) in [6.45, 7) is 2.05. The van der Waals surface area contributed by atoms with Crippen molar-refractivity contribution < 1.29 is 4.74 Å². The van der Waals surface area contributed by atoms with Crippen LogP contribution in [0.3, 0.4) is 0 Å². The largest absolute Gasteiger partial charge is 0.497 e. The second-order valence-electron chi connectivity index (χ2n) is 6.29. The summed E-state index contributed by atoms with van der Waals surface area (Å²) in [7, 11) is 1.67. The molecule has 0 bridgehead atoms. The maximum Gasteiger partial charge on any atom is 0.174 e. The molecule has 3 aromatic rings. The highest BCUT2D eigenvalue weighted by Gasteiger charge is 2.41. The number of nitrogens with zero attached hydrogens (tertiary/aromatic N) is 2. The van der Waals surface area contributed by atoms with Crippen molar-refractivity contribution in [2.45, 2.75) is 19.0 Å². The molecule has 0 saturated carbocycles. The monoisotopic (exact) mass is 364 g/mol. The van der Waals surface area contributed by atoms with Crippen molar-refractivity contribution in [1.29, 1.82) is 0 Å². The van der Waals surface area contributed by atoms with Crippen molar-refractivity contribution in [3.8, 4) is 5.75 Å². The second kappa shape index (κ2) is 6.80. The standard InChI is InChI=1S/C20H20N4OS/c1-13-9-10-17(22-13)19-18(16-8-3-4-11-21-16)23-20(26)24(19)14-6-5-7-15(12-14)25-2/h3-12,18-19,22H,1-2H3,(H,23,26)/t18-,19+/m0/s1. The quantitative estimate of drug-likeness (QED) is 0.688. The van der Waals surface area contributed by atoms with E-state index in [-0.39, 0.29) is 12.1 Å². The van der Waals surface area contributed by atoms with Crippen molar-refractivity contribution in [3.05, 3.63) is 77.9 Å². The highest BCUT2D eigenvalue weighted by Crippen LogP contribution is 2.41. The van der Waals surface area contributed by atoms with Crippen molar-refractivity contribution in [2.75, 3.05) is 12.0 Å². The summed E-state index contributed by atoms with van der Waals surface area (Å²) in [5.41, 5.74) is 4.14. The van der Waals surface area contributed by atoms with Gasteiger partial charge in [-0.1, -0.05) is 12.1 Å². The molecule has 1 aliphatic rings. The van der Waals surface area contributed by atoms with Gasteiger partial charge in [-0.25, -0.2) is 0 Å². The number of aryl methyl sites for hydroxylation is 1. The van der Waals surface area contributed by atoms with E-state index in [0.29, 0.717) is 5.11 Å². The summed E-state index contributed by atoms with van der Waals surface area (Å²) in [6.07, 6.45) is 1.81. The molecule has 0 amide bonds. The summed E-state index contributed by atoms with van der Waals surface area (Å²) in [6, 6.07) is 18.0. The first kappa shape index (κ1) is 16.6. The lowest BCUT2D eigenvalue weighted by Gasteiger charge is -2.27. The van der Waals surface area contributed by atoms with Crippen LogP contribution in [0.15, 0.2) is 60.8 Å². The van der Waals surface area contributed by atoms with Crippen molar-refractivity contribution in [2.24, 2.45) is 0 Å². The Morgan fingerprint density at radius 3 is 2.69 bits per heavy atom. The van der Waals surface area contributed by atoms with Crippen LogP contribution in [0.1, 0.15) is 29.2 Å².